The molecule has 1 aromatic carbocycles. The maximum atomic E-state index is 5.70. The first kappa shape index (κ1) is 9.53. The van der Waals surface area contributed by atoms with Gasteiger partial charge < -0.3 is 10.1 Å². The molecule has 0 aromatic heterocycles. The second kappa shape index (κ2) is 4.47. The fourth-order valence-corrected chi connectivity index (χ4v) is 1.71. The standard InChI is InChI=1S/C12H17NO/c1-10-2-4-12(5-3-10)14-9-11-6-7-13-8-11/h2-5,11,13H,6-9H2,1H3/t11-/m1/s1. The Balaban J connectivity index is 1.82. The lowest BCUT2D eigenvalue weighted by Crippen LogP contribution is -2.15. The molecule has 14 heavy (non-hydrogen) atoms. The Kier molecular flexibility index (Phi) is 3.04. The van der Waals surface area contributed by atoms with E-state index >= 15 is 0 Å². The Labute approximate surface area is 85.3 Å². The summed E-state index contributed by atoms with van der Waals surface area (Å²) in [5.74, 6) is 1.68. The van der Waals surface area contributed by atoms with Gasteiger partial charge in [-0.2, -0.15) is 0 Å². The third-order valence-corrected chi connectivity index (χ3v) is 2.67. The molecule has 1 aliphatic heterocycles. The largest absolute Gasteiger partial charge is 0.493 e. The van der Waals surface area contributed by atoms with Gasteiger partial charge in [-0.25, -0.2) is 0 Å². The molecule has 0 spiro atoms. The van der Waals surface area contributed by atoms with Crippen molar-refractivity contribution in [3.05, 3.63) is 29.8 Å². The molecule has 0 bridgehead atoms. The van der Waals surface area contributed by atoms with Crippen LogP contribution in [0, 0.1) is 12.8 Å². The van der Waals surface area contributed by atoms with Crippen LogP contribution in [0.1, 0.15) is 12.0 Å². The molecule has 2 nitrogen and oxygen atoms in total. The molecule has 1 N–H and O–H groups in total. The van der Waals surface area contributed by atoms with Crippen LogP contribution in [-0.2, 0) is 0 Å². The molecule has 0 amide bonds. The van der Waals surface area contributed by atoms with Gasteiger partial charge in [0.1, 0.15) is 5.75 Å². The van der Waals surface area contributed by atoms with Crippen molar-refractivity contribution in [2.75, 3.05) is 19.7 Å². The Morgan fingerprint density at radius 3 is 2.79 bits per heavy atom. The van der Waals surface area contributed by atoms with Crippen molar-refractivity contribution in [2.45, 2.75) is 13.3 Å². The van der Waals surface area contributed by atoms with E-state index in [2.05, 4.69) is 24.4 Å². The van der Waals surface area contributed by atoms with Crippen LogP contribution in [0.25, 0.3) is 0 Å². The fraction of sp³-hybridized carbons (Fsp3) is 0.500. The van der Waals surface area contributed by atoms with Crippen molar-refractivity contribution in [1.82, 2.24) is 5.32 Å². The smallest absolute Gasteiger partial charge is 0.119 e. The van der Waals surface area contributed by atoms with E-state index in [1.54, 1.807) is 0 Å². The summed E-state index contributed by atoms with van der Waals surface area (Å²) in [6.45, 7) is 5.18. The maximum absolute atomic E-state index is 5.70. The van der Waals surface area contributed by atoms with Gasteiger partial charge >= 0.3 is 0 Å². The van der Waals surface area contributed by atoms with Gasteiger partial charge in [-0.15, -0.1) is 0 Å². The third-order valence-electron chi connectivity index (χ3n) is 2.67. The van der Waals surface area contributed by atoms with Gasteiger partial charge in [-0.05, 0) is 32.0 Å². The van der Waals surface area contributed by atoms with Gasteiger partial charge in [0.25, 0.3) is 0 Å². The molecule has 0 unspecified atom stereocenters. The lowest BCUT2D eigenvalue weighted by atomic mass is 10.1. The van der Waals surface area contributed by atoms with E-state index in [-0.39, 0.29) is 0 Å². The Morgan fingerprint density at radius 1 is 1.36 bits per heavy atom. The maximum Gasteiger partial charge on any atom is 0.119 e. The second-order valence-corrected chi connectivity index (χ2v) is 3.98. The number of ether oxygens (including phenoxy) is 1. The molecule has 0 aliphatic carbocycles. The Hall–Kier alpha value is -1.02. The average Bonchev–Trinajstić information content (AvgIpc) is 2.70. The SMILES string of the molecule is Cc1ccc(OC[C@@H]2CCNC2)cc1. The highest BCUT2D eigenvalue weighted by Crippen LogP contribution is 2.14. The molecule has 2 rings (SSSR count). The van der Waals surface area contributed by atoms with Crippen molar-refractivity contribution in [3.63, 3.8) is 0 Å². The van der Waals surface area contributed by atoms with E-state index in [1.165, 1.54) is 12.0 Å². The third kappa shape index (κ3) is 2.48. The normalized spacial score (nSPS) is 21.1. The van der Waals surface area contributed by atoms with Gasteiger partial charge in [0.15, 0.2) is 0 Å². The summed E-state index contributed by atoms with van der Waals surface area (Å²) in [7, 11) is 0. The van der Waals surface area contributed by atoms with E-state index in [4.69, 9.17) is 4.74 Å². The Morgan fingerprint density at radius 2 is 2.14 bits per heavy atom. The zero-order valence-corrected chi connectivity index (χ0v) is 8.62. The summed E-state index contributed by atoms with van der Waals surface area (Å²) < 4.78 is 5.70. The van der Waals surface area contributed by atoms with Crippen LogP contribution in [0.4, 0.5) is 0 Å². The molecule has 1 heterocycles. The number of hydrogen-bond donors (Lipinski definition) is 1. The first-order valence-corrected chi connectivity index (χ1v) is 5.25. The van der Waals surface area contributed by atoms with Gasteiger partial charge in [0.05, 0.1) is 6.61 Å². The summed E-state index contributed by atoms with van der Waals surface area (Å²) in [5, 5.41) is 3.34. The summed E-state index contributed by atoms with van der Waals surface area (Å²) in [5.41, 5.74) is 1.28. The highest BCUT2D eigenvalue weighted by molar-refractivity contribution is 5.26. The van der Waals surface area contributed by atoms with Crippen LogP contribution < -0.4 is 10.1 Å². The lowest BCUT2D eigenvalue weighted by molar-refractivity contribution is 0.260. The number of benzene rings is 1. The summed E-state index contributed by atoms with van der Waals surface area (Å²) in [6.07, 6.45) is 1.24. The van der Waals surface area contributed by atoms with Crippen LogP contribution >= 0.6 is 0 Å². The van der Waals surface area contributed by atoms with E-state index < -0.39 is 0 Å². The van der Waals surface area contributed by atoms with Crippen molar-refractivity contribution in [3.8, 4) is 5.75 Å². The van der Waals surface area contributed by atoms with Gasteiger partial charge in [-0.1, -0.05) is 17.7 Å². The van der Waals surface area contributed by atoms with E-state index in [1.807, 2.05) is 12.1 Å². The van der Waals surface area contributed by atoms with Crippen molar-refractivity contribution in [2.24, 2.45) is 5.92 Å². The second-order valence-electron chi connectivity index (χ2n) is 3.98. The van der Waals surface area contributed by atoms with Crippen LogP contribution in [0.15, 0.2) is 24.3 Å². The molecular formula is C12H17NO. The number of hydrogen-bond acceptors (Lipinski definition) is 2. The molecule has 76 valence electrons. The minimum atomic E-state index is 0.691. The van der Waals surface area contributed by atoms with Crippen LogP contribution in [-0.4, -0.2) is 19.7 Å². The van der Waals surface area contributed by atoms with E-state index in [0.717, 1.165) is 25.4 Å². The van der Waals surface area contributed by atoms with Crippen molar-refractivity contribution >= 4 is 0 Å². The molecule has 1 fully saturated rings. The number of nitrogens with one attached hydrogen (secondary N) is 1. The first-order chi connectivity index (χ1) is 6.84. The van der Waals surface area contributed by atoms with E-state index in [9.17, 15) is 0 Å². The zero-order valence-electron chi connectivity index (χ0n) is 8.62. The molecule has 1 atom stereocenters. The molecule has 2 heteroatoms. The minimum absolute atomic E-state index is 0.691. The number of aryl methyl sites for hydroxylation is 1. The van der Waals surface area contributed by atoms with Crippen LogP contribution in [0.2, 0.25) is 0 Å². The molecule has 1 aromatic rings. The van der Waals surface area contributed by atoms with Gasteiger partial charge in [0, 0.05) is 12.5 Å². The molecule has 0 radical (unpaired) electrons. The highest BCUT2D eigenvalue weighted by Gasteiger charge is 2.14. The molecular weight excluding hydrogens is 174 g/mol. The summed E-state index contributed by atoms with van der Waals surface area (Å²) in [6, 6.07) is 8.25. The average molecular weight is 191 g/mol. The van der Waals surface area contributed by atoms with Crippen LogP contribution in [0.5, 0.6) is 5.75 Å². The first-order valence-electron chi connectivity index (χ1n) is 5.25. The summed E-state index contributed by atoms with van der Waals surface area (Å²) in [4.78, 5) is 0. The summed E-state index contributed by atoms with van der Waals surface area (Å²) >= 11 is 0. The minimum Gasteiger partial charge on any atom is -0.493 e. The fourth-order valence-electron chi connectivity index (χ4n) is 1.71. The molecule has 1 saturated heterocycles. The molecule has 1 aliphatic rings. The molecule has 0 saturated carbocycles. The van der Waals surface area contributed by atoms with E-state index in [0.29, 0.717) is 5.92 Å². The number of rotatable bonds is 3. The van der Waals surface area contributed by atoms with Gasteiger partial charge in [0.2, 0.25) is 0 Å². The predicted octanol–water partition coefficient (Wildman–Crippen LogP) is 1.98. The van der Waals surface area contributed by atoms with Crippen molar-refractivity contribution < 1.29 is 4.74 Å². The Bertz CT molecular complexity index is 275. The zero-order chi connectivity index (χ0) is 9.80. The quantitative estimate of drug-likeness (QED) is 0.789. The van der Waals surface area contributed by atoms with Gasteiger partial charge in [-0.3, -0.25) is 0 Å². The van der Waals surface area contributed by atoms with Crippen LogP contribution in [0.3, 0.4) is 0 Å². The topological polar surface area (TPSA) is 21.3 Å². The highest BCUT2D eigenvalue weighted by atomic mass is 16.5. The lowest BCUT2D eigenvalue weighted by Gasteiger charge is -2.10. The monoisotopic (exact) mass is 191 g/mol. The van der Waals surface area contributed by atoms with Crippen molar-refractivity contribution in [1.29, 1.82) is 0 Å². The predicted molar refractivity (Wildman–Crippen MR) is 57.7 cm³/mol.